The smallest absolute Gasteiger partial charge is 0.307 e. The highest BCUT2D eigenvalue weighted by Crippen LogP contribution is 2.32. The fraction of sp³-hybridized carbons (Fsp3) is 0.444. The van der Waals surface area contributed by atoms with Crippen molar-refractivity contribution in [2.75, 3.05) is 26.2 Å². The number of benzene rings is 2. The highest BCUT2D eigenvalue weighted by atomic mass is 35.5. The number of ether oxygens (including phenoxy) is 3. The molecular formula is C27H34ClNO5. The molecule has 0 saturated carbocycles. The van der Waals surface area contributed by atoms with E-state index in [0.29, 0.717) is 30.5 Å². The Hall–Kier alpha value is -2.70. The lowest BCUT2D eigenvalue weighted by atomic mass is 9.97. The first-order valence-electron chi connectivity index (χ1n) is 11.4. The highest BCUT2D eigenvalue weighted by molar-refractivity contribution is 6.32. The Balaban J connectivity index is 0.00000324. The fourth-order valence-corrected chi connectivity index (χ4v) is 4.46. The van der Waals surface area contributed by atoms with Gasteiger partial charge in [0.25, 0.3) is 0 Å². The van der Waals surface area contributed by atoms with Gasteiger partial charge in [-0.05, 0) is 74.7 Å². The first kappa shape index (κ1) is 25.9. The minimum Gasteiger partial charge on any atom is -0.489 e. The molecule has 34 heavy (non-hydrogen) atoms. The number of carboxylic acids is 1. The topological polar surface area (TPSA) is 68.2 Å². The van der Waals surface area contributed by atoms with Crippen LogP contribution in [0.15, 0.2) is 42.0 Å². The standard InChI is InChI=1S/C26H30ClNO5.CH4/c1-17(2)33-24-8-5-18(11-23(24)27)15-31-22-7-6-20-10-19(16-32-25(20)12-22)13-28-9-3-4-21(14-28)26(29)30;/h5-8,10-12,17,21H,3-4,9,13-16H2,1-2H3,(H,29,30);1H4/t21-;/m1./s1. The number of piperidine rings is 1. The number of rotatable bonds is 8. The van der Waals surface area contributed by atoms with Crippen LogP contribution in [0.25, 0.3) is 6.08 Å². The average molecular weight is 488 g/mol. The number of likely N-dealkylation sites (tertiary alicyclic amines) is 1. The predicted octanol–water partition coefficient (Wildman–Crippen LogP) is 5.91. The maximum Gasteiger partial charge on any atom is 0.307 e. The molecule has 0 bridgehead atoms. The van der Waals surface area contributed by atoms with Gasteiger partial charge in [-0.25, -0.2) is 0 Å². The second kappa shape index (κ2) is 11.6. The van der Waals surface area contributed by atoms with Gasteiger partial charge in [-0.1, -0.05) is 25.1 Å². The number of hydrogen-bond donors (Lipinski definition) is 1. The molecule has 0 aliphatic carbocycles. The van der Waals surface area contributed by atoms with Crippen LogP contribution in [-0.2, 0) is 11.4 Å². The van der Waals surface area contributed by atoms with Crippen molar-refractivity contribution in [2.45, 2.75) is 46.8 Å². The zero-order chi connectivity index (χ0) is 23.4. The summed E-state index contributed by atoms with van der Waals surface area (Å²) in [6, 6.07) is 11.5. The lowest BCUT2D eigenvalue weighted by Gasteiger charge is -2.32. The molecule has 184 valence electrons. The molecule has 0 spiro atoms. The molecule has 2 heterocycles. The minimum atomic E-state index is -0.700. The van der Waals surface area contributed by atoms with Gasteiger partial charge in [0.15, 0.2) is 0 Å². The van der Waals surface area contributed by atoms with Crippen LogP contribution in [0.5, 0.6) is 17.2 Å². The van der Waals surface area contributed by atoms with Gasteiger partial charge in [0.2, 0.25) is 0 Å². The summed E-state index contributed by atoms with van der Waals surface area (Å²) in [5, 5.41) is 9.87. The highest BCUT2D eigenvalue weighted by Gasteiger charge is 2.26. The van der Waals surface area contributed by atoms with E-state index in [9.17, 15) is 9.90 Å². The van der Waals surface area contributed by atoms with E-state index in [1.54, 1.807) is 0 Å². The maximum absolute atomic E-state index is 11.3. The molecule has 2 aromatic carbocycles. The molecule has 0 amide bonds. The molecule has 0 unspecified atom stereocenters. The summed E-state index contributed by atoms with van der Waals surface area (Å²) in [5.41, 5.74) is 3.12. The Bertz CT molecular complexity index is 1040. The number of nitrogens with zero attached hydrogens (tertiary/aromatic N) is 1. The van der Waals surface area contributed by atoms with Crippen molar-refractivity contribution >= 4 is 23.6 Å². The third-order valence-corrected chi connectivity index (χ3v) is 6.10. The fourth-order valence-electron chi connectivity index (χ4n) is 4.21. The van der Waals surface area contributed by atoms with Gasteiger partial charge in [-0.2, -0.15) is 0 Å². The zero-order valence-electron chi connectivity index (χ0n) is 19.1. The largest absolute Gasteiger partial charge is 0.489 e. The monoisotopic (exact) mass is 487 g/mol. The molecule has 2 aliphatic rings. The Labute approximate surface area is 207 Å². The molecule has 2 aromatic rings. The number of hydrogen-bond acceptors (Lipinski definition) is 5. The van der Waals surface area contributed by atoms with E-state index in [-0.39, 0.29) is 19.4 Å². The van der Waals surface area contributed by atoms with Crippen LogP contribution in [0.2, 0.25) is 5.02 Å². The van der Waals surface area contributed by atoms with Crippen LogP contribution in [0.4, 0.5) is 0 Å². The van der Waals surface area contributed by atoms with Gasteiger partial charge in [-0.15, -0.1) is 0 Å². The third-order valence-electron chi connectivity index (χ3n) is 5.80. The lowest BCUT2D eigenvalue weighted by Crippen LogP contribution is -2.40. The van der Waals surface area contributed by atoms with E-state index in [4.69, 9.17) is 25.8 Å². The molecule has 1 N–H and O–H groups in total. The van der Waals surface area contributed by atoms with Crippen LogP contribution in [-0.4, -0.2) is 48.3 Å². The summed E-state index contributed by atoms with van der Waals surface area (Å²) in [7, 11) is 0. The van der Waals surface area contributed by atoms with E-state index >= 15 is 0 Å². The average Bonchev–Trinajstić information content (AvgIpc) is 2.79. The van der Waals surface area contributed by atoms with Gasteiger partial charge < -0.3 is 19.3 Å². The Morgan fingerprint density at radius 2 is 2.09 bits per heavy atom. The summed E-state index contributed by atoms with van der Waals surface area (Å²) in [4.78, 5) is 13.5. The molecule has 0 aromatic heterocycles. The van der Waals surface area contributed by atoms with Crippen molar-refractivity contribution in [2.24, 2.45) is 5.92 Å². The van der Waals surface area contributed by atoms with Gasteiger partial charge >= 0.3 is 5.97 Å². The number of carboxylic acid groups (broad SMARTS) is 1. The number of halogens is 1. The summed E-state index contributed by atoms with van der Waals surface area (Å²) in [6.45, 7) is 7.08. The summed E-state index contributed by atoms with van der Waals surface area (Å²) in [5.74, 6) is 1.21. The number of fused-ring (bicyclic) bond motifs is 1. The molecular weight excluding hydrogens is 454 g/mol. The molecule has 2 aliphatic heterocycles. The summed E-state index contributed by atoms with van der Waals surface area (Å²) in [6.07, 6.45) is 3.88. The van der Waals surface area contributed by atoms with Crippen molar-refractivity contribution in [3.8, 4) is 17.2 Å². The molecule has 1 atom stereocenters. The van der Waals surface area contributed by atoms with Crippen LogP contribution < -0.4 is 14.2 Å². The van der Waals surface area contributed by atoms with Crippen molar-refractivity contribution in [3.63, 3.8) is 0 Å². The van der Waals surface area contributed by atoms with E-state index in [1.807, 2.05) is 50.2 Å². The molecule has 0 radical (unpaired) electrons. The molecule has 6 nitrogen and oxygen atoms in total. The first-order valence-corrected chi connectivity index (χ1v) is 11.7. The van der Waals surface area contributed by atoms with Gasteiger partial charge in [-0.3, -0.25) is 9.69 Å². The molecule has 7 heteroatoms. The molecule has 1 saturated heterocycles. The van der Waals surface area contributed by atoms with E-state index in [1.165, 1.54) is 0 Å². The van der Waals surface area contributed by atoms with Gasteiger partial charge in [0.1, 0.15) is 30.5 Å². The van der Waals surface area contributed by atoms with E-state index in [2.05, 4.69) is 11.0 Å². The van der Waals surface area contributed by atoms with Crippen LogP contribution in [0, 0.1) is 5.92 Å². The molecule has 4 rings (SSSR count). The van der Waals surface area contributed by atoms with Gasteiger partial charge in [0.05, 0.1) is 17.0 Å². The minimum absolute atomic E-state index is 0. The van der Waals surface area contributed by atoms with Crippen LogP contribution in [0.1, 0.15) is 45.2 Å². The zero-order valence-corrected chi connectivity index (χ0v) is 19.8. The number of aliphatic carboxylic acids is 1. The Morgan fingerprint density at radius 1 is 1.26 bits per heavy atom. The summed E-state index contributed by atoms with van der Waals surface area (Å²) >= 11 is 6.32. The van der Waals surface area contributed by atoms with Crippen molar-refractivity contribution in [1.29, 1.82) is 0 Å². The van der Waals surface area contributed by atoms with Crippen molar-refractivity contribution in [1.82, 2.24) is 4.90 Å². The quantitative estimate of drug-likeness (QED) is 0.499. The Morgan fingerprint density at radius 3 is 2.82 bits per heavy atom. The number of carbonyl (C=O) groups is 1. The normalized spacial score (nSPS) is 17.8. The first-order chi connectivity index (χ1) is 15.9. The van der Waals surface area contributed by atoms with Crippen LogP contribution in [0.3, 0.4) is 0 Å². The lowest BCUT2D eigenvalue weighted by molar-refractivity contribution is -0.143. The molecule has 1 fully saturated rings. The van der Waals surface area contributed by atoms with E-state index in [0.717, 1.165) is 54.1 Å². The van der Waals surface area contributed by atoms with Gasteiger partial charge in [0, 0.05) is 24.7 Å². The second-order valence-electron chi connectivity index (χ2n) is 8.92. The van der Waals surface area contributed by atoms with Crippen molar-refractivity contribution < 1.29 is 24.1 Å². The third kappa shape index (κ3) is 6.67. The van der Waals surface area contributed by atoms with E-state index < -0.39 is 5.97 Å². The Kier molecular flexibility index (Phi) is 8.86. The summed E-state index contributed by atoms with van der Waals surface area (Å²) < 4.78 is 17.6. The maximum atomic E-state index is 11.3. The van der Waals surface area contributed by atoms with Crippen molar-refractivity contribution in [3.05, 3.63) is 58.1 Å². The predicted molar refractivity (Wildman–Crippen MR) is 135 cm³/mol. The second-order valence-corrected chi connectivity index (χ2v) is 9.33. The van der Waals surface area contributed by atoms with Crippen LogP contribution >= 0.6 is 11.6 Å². The SMILES string of the molecule is C.CC(C)Oc1ccc(COc2ccc3c(c2)OCC(CN2CCC[C@@H](C(=O)O)C2)=C3)cc1Cl.